The van der Waals surface area contributed by atoms with Crippen LogP contribution < -0.4 is 4.90 Å². The second kappa shape index (κ2) is 10.6. The quantitative estimate of drug-likeness (QED) is 0.287. The number of aliphatic hydroxyl groups is 1. The summed E-state index contributed by atoms with van der Waals surface area (Å²) in [6, 6.07) is 12.5. The lowest BCUT2D eigenvalue weighted by Gasteiger charge is -2.34. The Balaban J connectivity index is 2.01. The number of amides is 2. The molecule has 1 atom stereocenters. The molecule has 208 valence electrons. The predicted octanol–water partition coefficient (Wildman–Crippen LogP) is 2.22. The van der Waals surface area contributed by atoms with Gasteiger partial charge in [0.05, 0.1) is 16.2 Å². The van der Waals surface area contributed by atoms with Crippen LogP contribution in [0.4, 0.5) is 5.69 Å². The average Bonchev–Trinajstić information content (AvgIpc) is 3.27. The zero-order valence-electron chi connectivity index (χ0n) is 22.8. The minimum Gasteiger partial charge on any atom is -0.507 e. The standard InChI is InChI=1S/C28H34N4O6S/c1-6-15-31-22-14-8-7-13-21(22)28(27(31)36)23(25(34)26(35)32(28)17-10-16-29(2)3)24(33)19-11-9-12-20(18-19)39(37,38)30(4)5/h7-9,11-14,18,33H,6,10,15-17H2,1-5H3/b24-23+. The molecule has 0 bridgehead atoms. The summed E-state index contributed by atoms with van der Waals surface area (Å²) in [5.74, 6) is -2.96. The summed E-state index contributed by atoms with van der Waals surface area (Å²) in [7, 11) is 2.69. The molecule has 0 radical (unpaired) electrons. The van der Waals surface area contributed by atoms with Crippen LogP contribution in [0.3, 0.4) is 0 Å². The SMILES string of the molecule is CCCN1C(=O)C2(/C(=C(/O)c3cccc(S(=O)(=O)N(C)C)c3)C(=O)C(=O)N2CCCN(C)C)c2ccccc21. The molecule has 1 fully saturated rings. The molecule has 1 unspecified atom stereocenters. The molecule has 0 aliphatic carbocycles. The maximum Gasteiger partial charge on any atom is 0.296 e. The predicted molar refractivity (Wildman–Crippen MR) is 148 cm³/mol. The first-order valence-electron chi connectivity index (χ1n) is 12.8. The Morgan fingerprint density at radius 2 is 1.67 bits per heavy atom. The van der Waals surface area contributed by atoms with Crippen molar-refractivity contribution in [3.05, 3.63) is 65.2 Å². The molecule has 2 aromatic rings. The third kappa shape index (κ3) is 4.44. The Labute approximate surface area is 229 Å². The smallest absolute Gasteiger partial charge is 0.296 e. The molecule has 1 N–H and O–H groups in total. The molecule has 39 heavy (non-hydrogen) atoms. The van der Waals surface area contributed by atoms with E-state index in [1.54, 1.807) is 29.2 Å². The number of Topliss-reactive ketones (excluding diaryl/α,β-unsaturated/α-hetero) is 1. The number of nitrogens with zero attached hydrogens (tertiary/aromatic N) is 4. The Morgan fingerprint density at radius 3 is 2.31 bits per heavy atom. The van der Waals surface area contributed by atoms with Gasteiger partial charge in [0.15, 0.2) is 5.54 Å². The summed E-state index contributed by atoms with van der Waals surface area (Å²) in [5.41, 5.74) is -1.20. The fourth-order valence-corrected chi connectivity index (χ4v) is 6.26. The van der Waals surface area contributed by atoms with Crippen molar-refractivity contribution >= 4 is 39.1 Å². The molecular formula is C28H34N4O6S. The lowest BCUT2D eigenvalue weighted by Crippen LogP contribution is -2.52. The highest BCUT2D eigenvalue weighted by Crippen LogP contribution is 2.53. The van der Waals surface area contributed by atoms with Gasteiger partial charge in [-0.05, 0) is 51.7 Å². The van der Waals surface area contributed by atoms with E-state index in [4.69, 9.17) is 0 Å². The van der Waals surface area contributed by atoms with Crippen molar-refractivity contribution in [2.24, 2.45) is 0 Å². The number of carbonyl (C=O) groups excluding carboxylic acids is 3. The number of rotatable bonds is 9. The van der Waals surface area contributed by atoms with Crippen molar-refractivity contribution in [2.75, 3.05) is 52.7 Å². The zero-order valence-corrected chi connectivity index (χ0v) is 23.7. The Morgan fingerprint density at radius 1 is 0.974 bits per heavy atom. The van der Waals surface area contributed by atoms with Gasteiger partial charge < -0.3 is 19.8 Å². The maximum absolute atomic E-state index is 14.4. The molecule has 0 aromatic heterocycles. The van der Waals surface area contributed by atoms with Gasteiger partial charge in [0.25, 0.3) is 17.6 Å². The topological polar surface area (TPSA) is 119 Å². The van der Waals surface area contributed by atoms with E-state index >= 15 is 0 Å². The molecule has 10 nitrogen and oxygen atoms in total. The molecular weight excluding hydrogens is 520 g/mol. The molecule has 1 spiro atoms. The van der Waals surface area contributed by atoms with Crippen LogP contribution in [0.15, 0.2) is 59.0 Å². The fraction of sp³-hybridized carbons (Fsp3) is 0.393. The third-order valence-electron chi connectivity index (χ3n) is 7.13. The molecule has 0 saturated carbocycles. The summed E-state index contributed by atoms with van der Waals surface area (Å²) < 4.78 is 26.6. The summed E-state index contributed by atoms with van der Waals surface area (Å²) in [6.07, 6.45) is 1.12. The maximum atomic E-state index is 14.4. The first-order valence-corrected chi connectivity index (χ1v) is 14.2. The molecule has 1 saturated heterocycles. The van der Waals surface area contributed by atoms with Gasteiger partial charge in [0.2, 0.25) is 10.0 Å². The number of sulfonamides is 1. The van der Waals surface area contributed by atoms with Crippen molar-refractivity contribution in [3.8, 4) is 0 Å². The van der Waals surface area contributed by atoms with Crippen LogP contribution in [0.2, 0.25) is 0 Å². The largest absolute Gasteiger partial charge is 0.507 e. The van der Waals surface area contributed by atoms with Crippen molar-refractivity contribution in [3.63, 3.8) is 0 Å². The van der Waals surface area contributed by atoms with Gasteiger partial charge in [-0.2, -0.15) is 0 Å². The van der Waals surface area contributed by atoms with Crippen LogP contribution in [0.5, 0.6) is 0 Å². The van der Waals surface area contributed by atoms with Gasteiger partial charge >= 0.3 is 0 Å². The highest BCUT2D eigenvalue weighted by atomic mass is 32.2. The number of likely N-dealkylation sites (tertiary alicyclic amines) is 1. The van der Waals surface area contributed by atoms with Crippen molar-refractivity contribution in [2.45, 2.75) is 30.2 Å². The lowest BCUT2D eigenvalue weighted by atomic mass is 9.82. The van der Waals surface area contributed by atoms with Crippen LogP contribution in [-0.4, -0.2) is 93.1 Å². The van der Waals surface area contributed by atoms with E-state index in [0.717, 1.165) is 4.31 Å². The number of ketones is 1. The summed E-state index contributed by atoms with van der Waals surface area (Å²) in [6.45, 7) is 2.99. The summed E-state index contributed by atoms with van der Waals surface area (Å²) in [5, 5.41) is 11.6. The van der Waals surface area contributed by atoms with Crippen LogP contribution in [-0.2, 0) is 29.9 Å². The first kappa shape index (κ1) is 28.5. The van der Waals surface area contributed by atoms with Gasteiger partial charge in [0, 0.05) is 38.3 Å². The molecule has 2 aliphatic rings. The lowest BCUT2D eigenvalue weighted by molar-refractivity contribution is -0.143. The summed E-state index contributed by atoms with van der Waals surface area (Å²) >= 11 is 0. The van der Waals surface area contributed by atoms with Crippen LogP contribution in [0.1, 0.15) is 30.9 Å². The number of carbonyl (C=O) groups is 3. The van der Waals surface area contributed by atoms with Crippen molar-refractivity contribution in [1.82, 2.24) is 14.1 Å². The van der Waals surface area contributed by atoms with E-state index in [2.05, 4.69) is 0 Å². The number of fused-ring (bicyclic) bond motifs is 2. The van der Waals surface area contributed by atoms with E-state index < -0.39 is 38.9 Å². The molecule has 2 aliphatic heterocycles. The van der Waals surface area contributed by atoms with Gasteiger partial charge in [0.1, 0.15) is 5.76 Å². The van der Waals surface area contributed by atoms with Crippen molar-refractivity contribution in [1.29, 1.82) is 0 Å². The van der Waals surface area contributed by atoms with Gasteiger partial charge in [-0.3, -0.25) is 14.4 Å². The summed E-state index contributed by atoms with van der Waals surface area (Å²) in [4.78, 5) is 46.3. The Bertz CT molecular complexity index is 1470. The highest BCUT2D eigenvalue weighted by Gasteiger charge is 2.66. The number of hydrogen-bond acceptors (Lipinski definition) is 7. The normalized spacial score (nSPS) is 20.6. The Kier molecular flexibility index (Phi) is 7.70. The highest BCUT2D eigenvalue weighted by molar-refractivity contribution is 7.89. The minimum atomic E-state index is -3.86. The number of para-hydroxylation sites is 1. The average molecular weight is 555 g/mol. The zero-order chi connectivity index (χ0) is 28.7. The van der Waals surface area contributed by atoms with E-state index in [9.17, 15) is 27.9 Å². The molecule has 2 heterocycles. The first-order chi connectivity index (χ1) is 18.4. The molecule has 4 rings (SSSR count). The van der Waals surface area contributed by atoms with Gasteiger partial charge in [-0.25, -0.2) is 12.7 Å². The van der Waals surface area contributed by atoms with Crippen LogP contribution in [0.25, 0.3) is 5.76 Å². The van der Waals surface area contributed by atoms with Gasteiger partial charge in [-0.1, -0.05) is 37.3 Å². The minimum absolute atomic E-state index is 0.0165. The molecule has 11 heteroatoms. The monoisotopic (exact) mass is 554 g/mol. The number of aliphatic hydroxyl groups excluding tert-OH is 1. The number of hydrogen-bond donors (Lipinski definition) is 1. The van der Waals surface area contributed by atoms with Crippen LogP contribution in [0, 0.1) is 0 Å². The van der Waals surface area contributed by atoms with E-state index in [-0.39, 0.29) is 22.6 Å². The van der Waals surface area contributed by atoms with Crippen LogP contribution >= 0.6 is 0 Å². The fourth-order valence-electron chi connectivity index (χ4n) is 5.32. The van der Waals surface area contributed by atoms with E-state index in [1.165, 1.54) is 43.3 Å². The van der Waals surface area contributed by atoms with E-state index in [1.807, 2.05) is 25.9 Å². The van der Waals surface area contributed by atoms with Gasteiger partial charge in [-0.15, -0.1) is 0 Å². The van der Waals surface area contributed by atoms with Crippen molar-refractivity contribution < 1.29 is 27.9 Å². The molecule has 2 amide bonds. The third-order valence-corrected chi connectivity index (χ3v) is 8.94. The number of anilines is 1. The second-order valence-corrected chi connectivity index (χ2v) is 12.3. The molecule has 2 aromatic carbocycles. The Hall–Kier alpha value is -3.54. The van der Waals surface area contributed by atoms with E-state index in [0.29, 0.717) is 37.2 Å². The second-order valence-electron chi connectivity index (χ2n) is 10.2. The number of benzene rings is 2.